The predicted molar refractivity (Wildman–Crippen MR) is 162 cm³/mol. The van der Waals surface area contributed by atoms with E-state index in [9.17, 15) is 4.79 Å². The van der Waals surface area contributed by atoms with Gasteiger partial charge in [-0.05, 0) is 122 Å². The Balaban J connectivity index is 1.23. The fourth-order valence-corrected chi connectivity index (χ4v) is 7.32. The fourth-order valence-electron chi connectivity index (χ4n) is 5.99. The lowest BCUT2D eigenvalue weighted by molar-refractivity contribution is -0.128. The number of benzene rings is 3. The lowest BCUT2D eigenvalue weighted by atomic mass is 9.96. The molecule has 0 bridgehead atoms. The highest BCUT2D eigenvalue weighted by Crippen LogP contribution is 2.41. The van der Waals surface area contributed by atoms with Gasteiger partial charge in [0.05, 0.1) is 0 Å². The number of nitrogens with zero attached hydrogens (tertiary/aromatic N) is 2. The summed E-state index contributed by atoms with van der Waals surface area (Å²) in [6.07, 6.45) is 5.19. The second-order valence-electron chi connectivity index (χ2n) is 11.2. The number of thiophene rings is 1. The number of hydrogen-bond donors (Lipinski definition) is 0. The number of carbonyl (C=O) groups is 1. The van der Waals surface area contributed by atoms with Crippen molar-refractivity contribution in [2.24, 2.45) is 0 Å². The zero-order chi connectivity index (χ0) is 26.8. The summed E-state index contributed by atoms with van der Waals surface area (Å²) in [6, 6.07) is 22.3. The molecule has 4 nitrogen and oxygen atoms in total. The third-order valence-electron chi connectivity index (χ3n) is 8.26. The smallest absolute Gasteiger partial charge is 0.222 e. The van der Waals surface area contributed by atoms with E-state index >= 15 is 0 Å². The molecule has 2 aliphatic heterocycles. The molecule has 2 saturated heterocycles. The molecule has 0 radical (unpaired) electrons. The molecule has 2 aliphatic rings. The van der Waals surface area contributed by atoms with Gasteiger partial charge >= 0.3 is 0 Å². The van der Waals surface area contributed by atoms with Crippen LogP contribution in [0.5, 0.6) is 5.75 Å². The van der Waals surface area contributed by atoms with E-state index in [-0.39, 0.29) is 5.91 Å². The van der Waals surface area contributed by atoms with Crippen molar-refractivity contribution < 1.29 is 9.53 Å². The zero-order valence-corrected chi connectivity index (χ0v) is 24.0. The molecule has 3 aromatic carbocycles. The minimum atomic E-state index is 0.283. The molecule has 1 aromatic heterocycles. The number of hydrogen-bond acceptors (Lipinski definition) is 4. The van der Waals surface area contributed by atoms with Crippen molar-refractivity contribution in [3.05, 3.63) is 88.5 Å². The summed E-state index contributed by atoms with van der Waals surface area (Å²) >= 11 is 1.89. The van der Waals surface area contributed by atoms with Crippen LogP contribution in [-0.2, 0) is 17.8 Å². The molecule has 5 heteroatoms. The molecular weight excluding hydrogens is 500 g/mol. The van der Waals surface area contributed by atoms with Crippen molar-refractivity contribution >= 4 is 27.3 Å². The first kappa shape index (κ1) is 26.1. The molecule has 6 rings (SSSR count). The number of fused-ring (bicyclic) bond motifs is 1. The number of likely N-dealkylation sites (tertiary alicyclic amines) is 2. The van der Waals surface area contributed by atoms with Crippen LogP contribution < -0.4 is 4.74 Å². The summed E-state index contributed by atoms with van der Waals surface area (Å²) in [7, 11) is 0. The molecule has 39 heavy (non-hydrogen) atoms. The first-order valence-electron chi connectivity index (χ1n) is 14.4. The van der Waals surface area contributed by atoms with Crippen LogP contribution in [0.2, 0.25) is 0 Å². The van der Waals surface area contributed by atoms with E-state index in [4.69, 9.17) is 4.74 Å². The summed E-state index contributed by atoms with van der Waals surface area (Å²) < 4.78 is 7.41. The molecule has 4 aromatic rings. The molecule has 0 spiro atoms. The Labute approximate surface area is 236 Å². The van der Waals surface area contributed by atoms with E-state index in [2.05, 4.69) is 79.4 Å². The van der Waals surface area contributed by atoms with Crippen molar-refractivity contribution in [1.29, 1.82) is 0 Å². The largest absolute Gasteiger partial charge is 0.492 e. The van der Waals surface area contributed by atoms with Crippen molar-refractivity contribution in [2.45, 2.75) is 52.5 Å². The minimum absolute atomic E-state index is 0.283. The fraction of sp³-hybridized carbons (Fsp3) is 0.382. The maximum absolute atomic E-state index is 12.1. The average Bonchev–Trinajstić information content (AvgIpc) is 3.67. The molecule has 0 atom stereocenters. The zero-order valence-electron chi connectivity index (χ0n) is 23.2. The Morgan fingerprint density at radius 2 is 1.72 bits per heavy atom. The highest BCUT2D eigenvalue weighted by molar-refractivity contribution is 7.22. The van der Waals surface area contributed by atoms with Crippen LogP contribution in [0.3, 0.4) is 0 Å². The van der Waals surface area contributed by atoms with Gasteiger partial charge in [0.25, 0.3) is 0 Å². The van der Waals surface area contributed by atoms with E-state index in [1.54, 1.807) is 0 Å². The standard InChI is InChI=1S/C34H38N2O2S/c1-24-7-14-30-31(22-26-8-9-28(25(2)21-26)23-36-17-5-6-33(36)37)34(39-32(30)20-24)27-10-12-29(13-11-27)38-19-18-35-15-3-4-16-35/h7-14,20-21H,3-6,15-19,22-23H2,1-2H3. The van der Waals surface area contributed by atoms with Crippen molar-refractivity contribution in [2.75, 3.05) is 32.8 Å². The van der Waals surface area contributed by atoms with Gasteiger partial charge in [-0.3, -0.25) is 9.69 Å². The molecule has 0 saturated carbocycles. The van der Waals surface area contributed by atoms with Crippen LogP contribution in [0.15, 0.2) is 60.7 Å². The Morgan fingerprint density at radius 1 is 0.897 bits per heavy atom. The molecule has 0 N–H and O–H groups in total. The van der Waals surface area contributed by atoms with Gasteiger partial charge in [-0.1, -0.05) is 30.3 Å². The first-order chi connectivity index (χ1) is 19.0. The Bertz CT molecular complexity index is 1470. The van der Waals surface area contributed by atoms with Crippen LogP contribution in [0.25, 0.3) is 20.5 Å². The molecule has 202 valence electrons. The van der Waals surface area contributed by atoms with Crippen LogP contribution in [0, 0.1) is 13.8 Å². The van der Waals surface area contributed by atoms with Gasteiger partial charge in [-0.15, -0.1) is 11.3 Å². The molecule has 0 unspecified atom stereocenters. The Kier molecular flexibility index (Phi) is 7.71. The van der Waals surface area contributed by atoms with E-state index in [1.165, 1.54) is 74.3 Å². The lowest BCUT2D eigenvalue weighted by Gasteiger charge is -2.18. The van der Waals surface area contributed by atoms with E-state index in [0.29, 0.717) is 6.42 Å². The van der Waals surface area contributed by atoms with Gasteiger partial charge in [0, 0.05) is 35.6 Å². The quantitative estimate of drug-likeness (QED) is 0.223. The number of carbonyl (C=O) groups excluding carboxylic acids is 1. The molecule has 2 fully saturated rings. The van der Waals surface area contributed by atoms with Gasteiger partial charge in [0.15, 0.2) is 0 Å². The maximum Gasteiger partial charge on any atom is 0.222 e. The topological polar surface area (TPSA) is 32.8 Å². The second kappa shape index (κ2) is 11.5. The van der Waals surface area contributed by atoms with E-state index < -0.39 is 0 Å². The first-order valence-corrected chi connectivity index (χ1v) is 15.2. The van der Waals surface area contributed by atoms with Gasteiger partial charge in [0.1, 0.15) is 12.4 Å². The van der Waals surface area contributed by atoms with Crippen molar-refractivity contribution in [1.82, 2.24) is 9.80 Å². The molecule has 3 heterocycles. The van der Waals surface area contributed by atoms with Gasteiger partial charge < -0.3 is 9.64 Å². The number of rotatable bonds is 9. The highest BCUT2D eigenvalue weighted by Gasteiger charge is 2.21. The summed E-state index contributed by atoms with van der Waals surface area (Å²) in [6.45, 7) is 10.1. The summed E-state index contributed by atoms with van der Waals surface area (Å²) in [5, 5.41) is 1.34. The summed E-state index contributed by atoms with van der Waals surface area (Å²) in [5.41, 5.74) is 7.75. The molecule has 1 amide bonds. The SMILES string of the molecule is Cc1ccc2c(Cc3ccc(CN4CCCC4=O)c(C)c3)c(-c3ccc(OCCN4CCCC4)cc3)sc2c1. The summed E-state index contributed by atoms with van der Waals surface area (Å²) in [5.74, 6) is 1.23. The molecule has 0 aliphatic carbocycles. The van der Waals surface area contributed by atoms with Gasteiger partial charge in [0.2, 0.25) is 5.91 Å². The normalized spacial score (nSPS) is 16.1. The van der Waals surface area contributed by atoms with Crippen molar-refractivity contribution in [3.8, 4) is 16.2 Å². The summed E-state index contributed by atoms with van der Waals surface area (Å²) in [4.78, 5) is 18.0. The lowest BCUT2D eigenvalue weighted by Crippen LogP contribution is -2.25. The van der Waals surface area contributed by atoms with Gasteiger partial charge in [-0.2, -0.15) is 0 Å². The maximum atomic E-state index is 12.1. The minimum Gasteiger partial charge on any atom is -0.492 e. The molecular formula is C34H38N2O2S. The Morgan fingerprint density at radius 3 is 2.46 bits per heavy atom. The van der Waals surface area contributed by atoms with Crippen LogP contribution in [0.1, 0.15) is 53.5 Å². The second-order valence-corrected chi connectivity index (χ2v) is 12.2. The van der Waals surface area contributed by atoms with E-state index in [0.717, 1.165) is 44.8 Å². The Hall–Kier alpha value is -3.15. The third-order valence-corrected chi connectivity index (χ3v) is 9.50. The van der Waals surface area contributed by atoms with Crippen LogP contribution in [0.4, 0.5) is 0 Å². The average molecular weight is 539 g/mol. The number of aryl methyl sites for hydroxylation is 2. The highest BCUT2D eigenvalue weighted by atomic mass is 32.1. The monoisotopic (exact) mass is 538 g/mol. The van der Waals surface area contributed by atoms with Gasteiger partial charge in [-0.25, -0.2) is 0 Å². The number of amides is 1. The predicted octanol–water partition coefficient (Wildman–Crippen LogP) is 7.37. The van der Waals surface area contributed by atoms with Crippen molar-refractivity contribution in [3.63, 3.8) is 0 Å². The van der Waals surface area contributed by atoms with Crippen LogP contribution >= 0.6 is 11.3 Å². The van der Waals surface area contributed by atoms with E-state index in [1.807, 2.05) is 16.2 Å². The van der Waals surface area contributed by atoms with Crippen LogP contribution in [-0.4, -0.2) is 48.5 Å². The number of ether oxygens (including phenoxy) is 1. The third kappa shape index (κ3) is 5.90.